The molecule has 1 aromatic carbocycles. The molecule has 0 amide bonds. The van der Waals surface area contributed by atoms with Crippen LogP contribution >= 0.6 is 11.6 Å². The van der Waals surface area contributed by atoms with Crippen LogP contribution in [-0.2, 0) is 11.8 Å². The van der Waals surface area contributed by atoms with Crippen molar-refractivity contribution >= 4 is 11.6 Å². The fourth-order valence-corrected chi connectivity index (χ4v) is 5.88. The summed E-state index contributed by atoms with van der Waals surface area (Å²) in [5, 5.41) is 15.0. The SMILES string of the molecule is COc1cc(Cl)c2c3c1O[C@H]1[C@@H](O)CC[C@H]4[C@@H](C2)NCC[C@@]341. The predicted octanol–water partition coefficient (Wildman–Crippen LogP) is 2.04. The summed E-state index contributed by atoms with van der Waals surface area (Å²) in [4.78, 5) is 0. The number of nitrogens with one attached hydrogen (secondary N) is 1. The third-order valence-corrected chi connectivity index (χ3v) is 6.71. The maximum Gasteiger partial charge on any atom is 0.166 e. The van der Waals surface area contributed by atoms with E-state index in [0.29, 0.717) is 17.7 Å². The minimum absolute atomic E-state index is 0.0886. The van der Waals surface area contributed by atoms with Gasteiger partial charge in [-0.05, 0) is 43.7 Å². The molecule has 22 heavy (non-hydrogen) atoms. The molecule has 5 rings (SSSR count). The van der Waals surface area contributed by atoms with E-state index in [0.717, 1.165) is 43.0 Å². The second-order valence-electron chi connectivity index (χ2n) is 7.09. The zero-order chi connectivity index (χ0) is 15.1. The molecule has 4 nitrogen and oxygen atoms in total. The van der Waals surface area contributed by atoms with Gasteiger partial charge < -0.3 is 19.9 Å². The van der Waals surface area contributed by atoms with Crippen LogP contribution in [0.3, 0.4) is 0 Å². The number of aliphatic hydroxyl groups is 1. The van der Waals surface area contributed by atoms with Crippen molar-refractivity contribution in [3.63, 3.8) is 0 Å². The smallest absolute Gasteiger partial charge is 0.166 e. The maximum absolute atomic E-state index is 10.6. The Morgan fingerprint density at radius 3 is 3.14 bits per heavy atom. The van der Waals surface area contributed by atoms with Gasteiger partial charge in [0.25, 0.3) is 0 Å². The summed E-state index contributed by atoms with van der Waals surface area (Å²) in [5.74, 6) is 2.06. The van der Waals surface area contributed by atoms with Gasteiger partial charge in [0.1, 0.15) is 6.10 Å². The molecule has 2 heterocycles. The first-order valence-corrected chi connectivity index (χ1v) is 8.52. The molecule has 2 fully saturated rings. The summed E-state index contributed by atoms with van der Waals surface area (Å²) in [6, 6.07) is 2.31. The maximum atomic E-state index is 10.6. The number of benzene rings is 1. The van der Waals surface area contributed by atoms with Crippen LogP contribution in [0, 0.1) is 5.92 Å². The topological polar surface area (TPSA) is 50.7 Å². The van der Waals surface area contributed by atoms with Gasteiger partial charge >= 0.3 is 0 Å². The fraction of sp³-hybridized carbons (Fsp3) is 0.647. The van der Waals surface area contributed by atoms with Crippen molar-refractivity contribution in [2.75, 3.05) is 13.7 Å². The Labute approximate surface area is 134 Å². The van der Waals surface area contributed by atoms with Gasteiger partial charge in [-0.3, -0.25) is 0 Å². The Bertz CT molecular complexity index is 664. The van der Waals surface area contributed by atoms with E-state index in [1.807, 2.05) is 6.07 Å². The Balaban J connectivity index is 1.84. The molecular formula is C17H20ClNO3. The Kier molecular flexibility index (Phi) is 2.64. The molecule has 2 N–H and O–H groups in total. The number of halogens is 1. The van der Waals surface area contributed by atoms with E-state index in [2.05, 4.69) is 5.32 Å². The average Bonchev–Trinajstić information content (AvgIpc) is 2.84. The molecule has 5 atom stereocenters. The minimum Gasteiger partial charge on any atom is -0.493 e. The third-order valence-electron chi connectivity index (χ3n) is 6.38. The molecule has 1 saturated heterocycles. The van der Waals surface area contributed by atoms with Gasteiger partial charge in [-0.2, -0.15) is 0 Å². The molecule has 0 radical (unpaired) electrons. The van der Waals surface area contributed by atoms with Crippen molar-refractivity contribution in [1.82, 2.24) is 5.32 Å². The second kappa shape index (κ2) is 4.31. The molecule has 4 aliphatic rings. The monoisotopic (exact) mass is 321 g/mol. The zero-order valence-electron chi connectivity index (χ0n) is 12.6. The predicted molar refractivity (Wildman–Crippen MR) is 82.9 cm³/mol. The molecule has 2 aliphatic heterocycles. The Hall–Kier alpha value is -0.970. The van der Waals surface area contributed by atoms with E-state index < -0.39 is 6.10 Å². The van der Waals surface area contributed by atoms with Crippen LogP contribution in [0.1, 0.15) is 30.4 Å². The van der Waals surface area contributed by atoms with Crippen LogP contribution in [0.4, 0.5) is 0 Å². The first-order chi connectivity index (χ1) is 10.7. The van der Waals surface area contributed by atoms with E-state index in [-0.39, 0.29) is 11.5 Å². The van der Waals surface area contributed by atoms with Gasteiger partial charge in [0.05, 0.1) is 13.2 Å². The number of methoxy groups -OCH3 is 1. The van der Waals surface area contributed by atoms with Crippen LogP contribution in [0.25, 0.3) is 0 Å². The molecule has 5 heteroatoms. The largest absolute Gasteiger partial charge is 0.493 e. The first-order valence-electron chi connectivity index (χ1n) is 8.14. The molecule has 1 saturated carbocycles. The highest BCUT2D eigenvalue weighted by molar-refractivity contribution is 6.31. The Morgan fingerprint density at radius 2 is 2.32 bits per heavy atom. The van der Waals surface area contributed by atoms with Crippen LogP contribution < -0.4 is 14.8 Å². The van der Waals surface area contributed by atoms with Crippen LogP contribution in [0.15, 0.2) is 6.07 Å². The van der Waals surface area contributed by atoms with Crippen LogP contribution in [0.5, 0.6) is 11.5 Å². The zero-order valence-corrected chi connectivity index (χ0v) is 13.3. The summed E-state index contributed by atoms with van der Waals surface area (Å²) in [6.45, 7) is 0.974. The third kappa shape index (κ3) is 1.38. The average molecular weight is 322 g/mol. The van der Waals surface area contributed by atoms with Gasteiger partial charge in [-0.25, -0.2) is 0 Å². The number of hydrogen-bond acceptors (Lipinski definition) is 4. The van der Waals surface area contributed by atoms with E-state index >= 15 is 0 Å². The number of hydrogen-bond donors (Lipinski definition) is 2. The minimum atomic E-state index is -0.406. The van der Waals surface area contributed by atoms with E-state index in [9.17, 15) is 5.11 Å². The summed E-state index contributed by atoms with van der Waals surface area (Å²) < 4.78 is 11.8. The number of rotatable bonds is 1. The summed E-state index contributed by atoms with van der Waals surface area (Å²) in [6.07, 6.45) is 3.25. The van der Waals surface area contributed by atoms with Crippen LogP contribution in [-0.4, -0.2) is 37.0 Å². The normalized spacial score (nSPS) is 40.9. The molecule has 118 valence electrons. The van der Waals surface area contributed by atoms with Gasteiger partial charge in [0.2, 0.25) is 0 Å². The lowest BCUT2D eigenvalue weighted by atomic mass is 9.52. The van der Waals surface area contributed by atoms with E-state index in [1.54, 1.807) is 7.11 Å². The molecule has 2 bridgehead atoms. The number of ether oxygens (including phenoxy) is 2. The lowest BCUT2D eigenvalue weighted by molar-refractivity contribution is -0.0761. The quantitative estimate of drug-likeness (QED) is 0.831. The number of piperidine rings is 1. The van der Waals surface area contributed by atoms with Crippen molar-refractivity contribution in [2.24, 2.45) is 5.92 Å². The molecular weight excluding hydrogens is 302 g/mol. The van der Waals surface area contributed by atoms with Gasteiger partial charge in [-0.1, -0.05) is 11.6 Å². The molecule has 1 spiro atoms. The van der Waals surface area contributed by atoms with Crippen molar-refractivity contribution in [3.05, 3.63) is 22.2 Å². The fourth-order valence-electron chi connectivity index (χ4n) is 5.61. The Morgan fingerprint density at radius 1 is 1.45 bits per heavy atom. The summed E-state index contributed by atoms with van der Waals surface area (Å²) in [7, 11) is 1.65. The highest BCUT2D eigenvalue weighted by Gasteiger charge is 2.64. The molecule has 2 aliphatic carbocycles. The molecule has 0 unspecified atom stereocenters. The van der Waals surface area contributed by atoms with Gasteiger partial charge in [0.15, 0.2) is 11.5 Å². The first kappa shape index (κ1) is 13.5. The lowest BCUT2D eigenvalue weighted by Crippen LogP contribution is -2.66. The van der Waals surface area contributed by atoms with Crippen molar-refractivity contribution in [3.8, 4) is 11.5 Å². The lowest BCUT2D eigenvalue weighted by Gasteiger charge is -2.56. The van der Waals surface area contributed by atoms with Crippen LogP contribution in [0.2, 0.25) is 5.02 Å². The van der Waals surface area contributed by atoms with E-state index in [1.165, 1.54) is 11.1 Å². The number of aliphatic hydroxyl groups excluding tert-OH is 1. The van der Waals surface area contributed by atoms with E-state index in [4.69, 9.17) is 21.1 Å². The van der Waals surface area contributed by atoms with Crippen molar-refractivity contribution in [2.45, 2.75) is 49.3 Å². The summed E-state index contributed by atoms with van der Waals surface area (Å²) in [5.41, 5.74) is 2.35. The van der Waals surface area contributed by atoms with Gasteiger partial charge in [0, 0.05) is 28.1 Å². The van der Waals surface area contributed by atoms with Crippen molar-refractivity contribution in [1.29, 1.82) is 0 Å². The molecule has 0 aromatic heterocycles. The highest BCUT2D eigenvalue weighted by Crippen LogP contribution is 2.63. The highest BCUT2D eigenvalue weighted by atomic mass is 35.5. The standard InChI is InChI=1S/C17H20ClNO3/c1-21-13-7-10(18)8-6-11-9-2-3-12(20)16-17(9,4-5-19-11)14(8)15(13)22-16/h7,9,11-12,16,19-20H,2-6H2,1H3/t9-,11+,12-,16-,17-/m0/s1. The van der Waals surface area contributed by atoms with Crippen molar-refractivity contribution < 1.29 is 14.6 Å². The van der Waals surface area contributed by atoms with Gasteiger partial charge in [-0.15, -0.1) is 0 Å². The second-order valence-corrected chi connectivity index (χ2v) is 7.50. The molecule has 1 aromatic rings. The summed E-state index contributed by atoms with van der Waals surface area (Å²) >= 11 is 6.57.